The number of nitrogens with zero attached hydrogens (tertiary/aromatic N) is 2. The summed E-state index contributed by atoms with van der Waals surface area (Å²) in [7, 11) is 0. The molecule has 0 saturated carbocycles. The molecule has 1 aromatic heterocycles. The average molecular weight is 209 g/mol. The zero-order valence-electron chi connectivity index (χ0n) is 10.2. The second kappa shape index (κ2) is 5.91. The fourth-order valence-electron chi connectivity index (χ4n) is 1.88. The minimum absolute atomic E-state index is 0.457. The van der Waals surface area contributed by atoms with E-state index < -0.39 is 0 Å². The lowest BCUT2D eigenvalue weighted by Gasteiger charge is -2.11. The van der Waals surface area contributed by atoms with E-state index in [1.807, 2.05) is 6.20 Å². The third-order valence-electron chi connectivity index (χ3n) is 2.61. The highest BCUT2D eigenvalue weighted by Crippen LogP contribution is 2.17. The second-order valence-electron chi connectivity index (χ2n) is 4.30. The van der Waals surface area contributed by atoms with Gasteiger partial charge in [0.1, 0.15) is 0 Å². The highest BCUT2D eigenvalue weighted by molar-refractivity contribution is 5.18. The van der Waals surface area contributed by atoms with Crippen molar-refractivity contribution >= 4 is 0 Å². The predicted octanol–water partition coefficient (Wildman–Crippen LogP) is 2.31. The summed E-state index contributed by atoms with van der Waals surface area (Å²) in [6.07, 6.45) is 6.44. The van der Waals surface area contributed by atoms with Crippen molar-refractivity contribution in [3.8, 4) is 0 Å². The van der Waals surface area contributed by atoms with Crippen LogP contribution in [0.15, 0.2) is 6.20 Å². The molecule has 2 N–H and O–H groups in total. The molecule has 1 heterocycles. The van der Waals surface area contributed by atoms with E-state index in [9.17, 15) is 0 Å². The fraction of sp³-hybridized carbons (Fsp3) is 0.750. The summed E-state index contributed by atoms with van der Waals surface area (Å²) < 4.78 is 2.15. The van der Waals surface area contributed by atoms with Crippen molar-refractivity contribution in [2.45, 2.75) is 52.5 Å². The molecular formula is C12H23N3. The molecule has 0 aliphatic rings. The first-order valence-corrected chi connectivity index (χ1v) is 5.96. The minimum Gasteiger partial charge on any atom is -0.330 e. The van der Waals surface area contributed by atoms with Gasteiger partial charge in [-0.2, -0.15) is 5.10 Å². The molecule has 1 aromatic rings. The third-order valence-corrected chi connectivity index (χ3v) is 2.61. The van der Waals surface area contributed by atoms with Crippen LogP contribution >= 0.6 is 0 Å². The molecule has 0 amide bonds. The normalized spacial score (nSPS) is 11.3. The van der Waals surface area contributed by atoms with Crippen LogP contribution in [0, 0.1) is 0 Å². The van der Waals surface area contributed by atoms with Crippen LogP contribution in [0.5, 0.6) is 0 Å². The van der Waals surface area contributed by atoms with Crippen LogP contribution in [0.4, 0.5) is 0 Å². The standard InChI is InChI=1S/C12H23N3/c1-4-6-12-11(7-5-8-13)9-14-15(12)10(2)3/h9-10H,4-8,13H2,1-3H3. The summed E-state index contributed by atoms with van der Waals surface area (Å²) in [5.74, 6) is 0. The average Bonchev–Trinajstić information content (AvgIpc) is 2.59. The Bertz CT molecular complexity index is 289. The molecule has 0 aromatic carbocycles. The van der Waals surface area contributed by atoms with Crippen LogP contribution in [-0.2, 0) is 12.8 Å². The van der Waals surface area contributed by atoms with E-state index in [4.69, 9.17) is 5.73 Å². The van der Waals surface area contributed by atoms with Gasteiger partial charge in [0.25, 0.3) is 0 Å². The number of hydrogen-bond donors (Lipinski definition) is 1. The molecule has 0 aliphatic heterocycles. The van der Waals surface area contributed by atoms with Crippen molar-refractivity contribution in [1.82, 2.24) is 9.78 Å². The van der Waals surface area contributed by atoms with Gasteiger partial charge in [0.15, 0.2) is 0 Å². The molecule has 86 valence electrons. The Balaban J connectivity index is 2.85. The largest absolute Gasteiger partial charge is 0.330 e. The van der Waals surface area contributed by atoms with Crippen molar-refractivity contribution in [1.29, 1.82) is 0 Å². The Morgan fingerprint density at radius 3 is 2.67 bits per heavy atom. The van der Waals surface area contributed by atoms with Crippen LogP contribution in [0.25, 0.3) is 0 Å². The number of nitrogens with two attached hydrogens (primary N) is 1. The van der Waals surface area contributed by atoms with Gasteiger partial charge < -0.3 is 5.73 Å². The van der Waals surface area contributed by atoms with E-state index in [1.54, 1.807) is 0 Å². The van der Waals surface area contributed by atoms with Gasteiger partial charge in [-0.15, -0.1) is 0 Å². The first-order chi connectivity index (χ1) is 7.20. The van der Waals surface area contributed by atoms with Gasteiger partial charge in [-0.3, -0.25) is 4.68 Å². The highest BCUT2D eigenvalue weighted by atomic mass is 15.3. The Hall–Kier alpha value is -0.830. The second-order valence-corrected chi connectivity index (χ2v) is 4.30. The minimum atomic E-state index is 0.457. The molecule has 0 atom stereocenters. The van der Waals surface area contributed by atoms with Crippen LogP contribution in [0.3, 0.4) is 0 Å². The lowest BCUT2D eigenvalue weighted by atomic mass is 10.1. The van der Waals surface area contributed by atoms with Gasteiger partial charge in [-0.1, -0.05) is 13.3 Å². The smallest absolute Gasteiger partial charge is 0.0524 e. The summed E-state index contributed by atoms with van der Waals surface area (Å²) in [6, 6.07) is 0.457. The Morgan fingerprint density at radius 1 is 1.40 bits per heavy atom. The van der Waals surface area contributed by atoms with E-state index in [1.165, 1.54) is 17.7 Å². The Kier molecular flexibility index (Phi) is 4.82. The van der Waals surface area contributed by atoms with Gasteiger partial charge in [-0.25, -0.2) is 0 Å². The van der Waals surface area contributed by atoms with Gasteiger partial charge in [0, 0.05) is 11.7 Å². The van der Waals surface area contributed by atoms with Crippen molar-refractivity contribution in [3.05, 3.63) is 17.5 Å². The molecule has 0 unspecified atom stereocenters. The summed E-state index contributed by atoms with van der Waals surface area (Å²) in [4.78, 5) is 0. The van der Waals surface area contributed by atoms with Crippen LogP contribution in [-0.4, -0.2) is 16.3 Å². The fourth-order valence-corrected chi connectivity index (χ4v) is 1.88. The number of rotatable bonds is 6. The van der Waals surface area contributed by atoms with Crippen molar-refractivity contribution in [2.24, 2.45) is 5.73 Å². The lowest BCUT2D eigenvalue weighted by Crippen LogP contribution is -2.09. The van der Waals surface area contributed by atoms with Crippen molar-refractivity contribution in [3.63, 3.8) is 0 Å². The predicted molar refractivity (Wildman–Crippen MR) is 64.0 cm³/mol. The molecule has 15 heavy (non-hydrogen) atoms. The monoisotopic (exact) mass is 209 g/mol. The van der Waals surface area contributed by atoms with E-state index in [0.717, 1.165) is 25.8 Å². The molecule has 0 spiro atoms. The lowest BCUT2D eigenvalue weighted by molar-refractivity contribution is 0.505. The molecule has 0 radical (unpaired) electrons. The maximum atomic E-state index is 5.54. The van der Waals surface area contributed by atoms with E-state index in [0.29, 0.717) is 6.04 Å². The molecule has 0 aliphatic carbocycles. The zero-order valence-corrected chi connectivity index (χ0v) is 10.2. The summed E-state index contributed by atoms with van der Waals surface area (Å²) in [6.45, 7) is 7.33. The first kappa shape index (κ1) is 12.2. The first-order valence-electron chi connectivity index (χ1n) is 5.96. The summed E-state index contributed by atoms with van der Waals surface area (Å²) >= 11 is 0. The van der Waals surface area contributed by atoms with Crippen LogP contribution in [0.2, 0.25) is 0 Å². The van der Waals surface area contributed by atoms with E-state index >= 15 is 0 Å². The Labute approximate surface area is 92.7 Å². The summed E-state index contributed by atoms with van der Waals surface area (Å²) in [5.41, 5.74) is 8.33. The molecule has 3 heteroatoms. The molecule has 3 nitrogen and oxygen atoms in total. The SMILES string of the molecule is CCCc1c(CCCN)cnn1C(C)C. The maximum absolute atomic E-state index is 5.54. The quantitative estimate of drug-likeness (QED) is 0.781. The topological polar surface area (TPSA) is 43.8 Å². The summed E-state index contributed by atoms with van der Waals surface area (Å²) in [5, 5.41) is 4.46. The highest BCUT2D eigenvalue weighted by Gasteiger charge is 2.11. The van der Waals surface area contributed by atoms with E-state index in [2.05, 4.69) is 30.6 Å². The molecule has 0 bridgehead atoms. The van der Waals surface area contributed by atoms with Gasteiger partial charge >= 0.3 is 0 Å². The number of aryl methyl sites for hydroxylation is 1. The molecule has 0 saturated heterocycles. The Morgan fingerprint density at radius 2 is 2.13 bits per heavy atom. The van der Waals surface area contributed by atoms with E-state index in [-0.39, 0.29) is 0 Å². The van der Waals surface area contributed by atoms with Crippen molar-refractivity contribution < 1.29 is 0 Å². The van der Waals surface area contributed by atoms with Gasteiger partial charge in [-0.05, 0) is 45.2 Å². The molecular weight excluding hydrogens is 186 g/mol. The molecule has 1 rings (SSSR count). The number of aromatic nitrogens is 2. The third kappa shape index (κ3) is 3.06. The maximum Gasteiger partial charge on any atom is 0.0524 e. The molecule has 0 fully saturated rings. The van der Waals surface area contributed by atoms with Gasteiger partial charge in [0.2, 0.25) is 0 Å². The van der Waals surface area contributed by atoms with Crippen LogP contribution in [0.1, 0.15) is 50.9 Å². The zero-order chi connectivity index (χ0) is 11.3. The van der Waals surface area contributed by atoms with Gasteiger partial charge in [0.05, 0.1) is 6.20 Å². The van der Waals surface area contributed by atoms with Crippen molar-refractivity contribution in [2.75, 3.05) is 6.54 Å². The number of hydrogen-bond acceptors (Lipinski definition) is 2. The van der Waals surface area contributed by atoms with Crippen LogP contribution < -0.4 is 5.73 Å².